The lowest BCUT2D eigenvalue weighted by atomic mass is 10.2. The van der Waals surface area contributed by atoms with Crippen molar-refractivity contribution in [1.29, 1.82) is 5.26 Å². The highest BCUT2D eigenvalue weighted by atomic mass is 32.2. The van der Waals surface area contributed by atoms with Gasteiger partial charge >= 0.3 is 5.97 Å². The summed E-state index contributed by atoms with van der Waals surface area (Å²) >= 11 is 1.03. The Balaban J connectivity index is 3.06. The SMILES string of the molecule is CCC(Sc1ccc(C#N)c([N+](=O)[O-])c1)C(=O)O. The number of thioether (sulfide) groups is 1. The van der Waals surface area contributed by atoms with Crippen LogP contribution < -0.4 is 0 Å². The normalized spacial score (nSPS) is 11.6. The number of carboxylic acids is 1. The summed E-state index contributed by atoms with van der Waals surface area (Å²) in [6.07, 6.45) is 0.411. The minimum atomic E-state index is -0.963. The van der Waals surface area contributed by atoms with Gasteiger partial charge in [-0.3, -0.25) is 14.9 Å². The largest absolute Gasteiger partial charge is 0.480 e. The van der Waals surface area contributed by atoms with E-state index in [4.69, 9.17) is 10.4 Å². The zero-order valence-corrected chi connectivity index (χ0v) is 10.3. The number of nitrogens with zero attached hydrogens (tertiary/aromatic N) is 2. The van der Waals surface area contributed by atoms with E-state index in [9.17, 15) is 14.9 Å². The fourth-order valence-corrected chi connectivity index (χ4v) is 2.23. The van der Waals surface area contributed by atoms with Crippen molar-refractivity contribution in [2.75, 3.05) is 0 Å². The molecule has 0 saturated heterocycles. The molecule has 1 rings (SSSR count). The molecule has 0 radical (unpaired) electrons. The lowest BCUT2D eigenvalue weighted by molar-refractivity contribution is -0.385. The molecule has 6 nitrogen and oxygen atoms in total. The van der Waals surface area contributed by atoms with E-state index in [1.165, 1.54) is 18.2 Å². The van der Waals surface area contributed by atoms with Gasteiger partial charge in [0, 0.05) is 11.0 Å². The second-order valence-corrected chi connectivity index (χ2v) is 4.68. The van der Waals surface area contributed by atoms with Crippen LogP contribution in [0.3, 0.4) is 0 Å². The maximum atomic E-state index is 10.9. The molecule has 0 aromatic heterocycles. The molecular weight excluding hydrogens is 256 g/mol. The van der Waals surface area contributed by atoms with E-state index in [2.05, 4.69) is 0 Å². The quantitative estimate of drug-likeness (QED) is 0.498. The Morgan fingerprint density at radius 3 is 2.78 bits per heavy atom. The summed E-state index contributed by atoms with van der Waals surface area (Å²) in [5.74, 6) is -0.963. The van der Waals surface area contributed by atoms with E-state index in [0.717, 1.165) is 11.8 Å². The van der Waals surface area contributed by atoms with E-state index in [1.807, 2.05) is 0 Å². The van der Waals surface area contributed by atoms with Crippen molar-refractivity contribution in [3.63, 3.8) is 0 Å². The van der Waals surface area contributed by atoms with Crippen LogP contribution in [0.25, 0.3) is 0 Å². The van der Waals surface area contributed by atoms with Crippen molar-refractivity contribution in [1.82, 2.24) is 0 Å². The molecule has 1 N–H and O–H groups in total. The highest BCUT2D eigenvalue weighted by molar-refractivity contribution is 8.00. The first-order valence-corrected chi connectivity index (χ1v) is 5.95. The number of nitro benzene ring substituents is 1. The van der Waals surface area contributed by atoms with Gasteiger partial charge in [-0.2, -0.15) is 5.26 Å². The Labute approximate surface area is 107 Å². The van der Waals surface area contributed by atoms with Crippen LogP contribution in [0.1, 0.15) is 18.9 Å². The van der Waals surface area contributed by atoms with E-state index in [1.54, 1.807) is 13.0 Å². The second kappa shape index (κ2) is 6.02. The highest BCUT2D eigenvalue weighted by Crippen LogP contribution is 2.30. The number of benzene rings is 1. The summed E-state index contributed by atoms with van der Waals surface area (Å²) < 4.78 is 0. The van der Waals surface area contributed by atoms with Crippen LogP contribution in [0.2, 0.25) is 0 Å². The Morgan fingerprint density at radius 2 is 2.33 bits per heavy atom. The molecule has 18 heavy (non-hydrogen) atoms. The fraction of sp³-hybridized carbons (Fsp3) is 0.273. The van der Waals surface area contributed by atoms with Crippen LogP contribution in [0.15, 0.2) is 23.1 Å². The molecule has 0 fully saturated rings. The predicted octanol–water partition coefficient (Wildman–Crippen LogP) is 2.42. The summed E-state index contributed by atoms with van der Waals surface area (Å²) in [5.41, 5.74) is -0.338. The third-order valence-corrected chi connectivity index (χ3v) is 3.56. The number of nitriles is 1. The lowest BCUT2D eigenvalue weighted by Gasteiger charge is -2.09. The predicted molar refractivity (Wildman–Crippen MR) is 65.4 cm³/mol. The second-order valence-electron chi connectivity index (χ2n) is 3.40. The van der Waals surface area contributed by atoms with Crippen LogP contribution in [0.5, 0.6) is 0 Å². The molecule has 1 aromatic rings. The van der Waals surface area contributed by atoms with Crippen molar-refractivity contribution < 1.29 is 14.8 Å². The molecule has 0 heterocycles. The molecule has 94 valence electrons. The summed E-state index contributed by atoms with van der Waals surface area (Å²) in [7, 11) is 0. The van der Waals surface area contributed by atoms with Crippen molar-refractivity contribution in [2.24, 2.45) is 0 Å². The summed E-state index contributed by atoms with van der Waals surface area (Å²) in [6, 6.07) is 5.80. The van der Waals surface area contributed by atoms with Crippen molar-refractivity contribution in [3.8, 4) is 6.07 Å². The van der Waals surface area contributed by atoms with Crippen LogP contribution in [-0.2, 0) is 4.79 Å². The molecule has 0 spiro atoms. The molecule has 0 aliphatic heterocycles. The maximum absolute atomic E-state index is 10.9. The van der Waals surface area contributed by atoms with E-state index in [0.29, 0.717) is 11.3 Å². The molecule has 0 bridgehead atoms. The zero-order chi connectivity index (χ0) is 13.7. The summed E-state index contributed by atoms with van der Waals surface area (Å²) in [5, 5.41) is 27.7. The topological polar surface area (TPSA) is 104 Å². The summed E-state index contributed by atoms with van der Waals surface area (Å²) in [4.78, 5) is 21.4. The van der Waals surface area contributed by atoms with Gasteiger partial charge < -0.3 is 5.11 Å². The molecule has 1 aromatic carbocycles. The van der Waals surface area contributed by atoms with Gasteiger partial charge in [0.2, 0.25) is 0 Å². The molecule has 0 saturated carbocycles. The minimum absolute atomic E-state index is 0.0345. The number of aliphatic carboxylic acids is 1. The first-order valence-electron chi connectivity index (χ1n) is 5.07. The maximum Gasteiger partial charge on any atom is 0.316 e. The molecule has 1 atom stereocenters. The van der Waals surface area contributed by atoms with Gasteiger partial charge in [-0.15, -0.1) is 11.8 Å². The van der Waals surface area contributed by atoms with Gasteiger partial charge in [-0.25, -0.2) is 0 Å². The van der Waals surface area contributed by atoms with Crippen molar-refractivity contribution in [3.05, 3.63) is 33.9 Å². The van der Waals surface area contributed by atoms with Crippen LogP contribution in [-0.4, -0.2) is 21.2 Å². The highest BCUT2D eigenvalue weighted by Gasteiger charge is 2.19. The van der Waals surface area contributed by atoms with E-state index < -0.39 is 16.1 Å². The number of carboxylic acid groups (broad SMARTS) is 1. The third kappa shape index (κ3) is 3.21. The van der Waals surface area contributed by atoms with Crippen molar-refractivity contribution in [2.45, 2.75) is 23.5 Å². The Bertz CT molecular complexity index is 524. The first-order chi connectivity index (χ1) is 8.49. The van der Waals surface area contributed by atoms with E-state index >= 15 is 0 Å². The Hall–Kier alpha value is -2.07. The third-order valence-electron chi connectivity index (χ3n) is 2.21. The molecule has 0 aliphatic rings. The average Bonchev–Trinajstić information content (AvgIpc) is 2.35. The molecule has 7 heteroatoms. The number of hydrogen-bond acceptors (Lipinski definition) is 5. The smallest absolute Gasteiger partial charge is 0.316 e. The van der Waals surface area contributed by atoms with Gasteiger partial charge in [0.1, 0.15) is 16.9 Å². The molecule has 0 amide bonds. The Morgan fingerprint density at radius 1 is 1.67 bits per heavy atom. The average molecular weight is 266 g/mol. The van der Waals surface area contributed by atoms with Crippen LogP contribution >= 0.6 is 11.8 Å². The first kappa shape index (κ1) is 14.0. The number of hydrogen-bond donors (Lipinski definition) is 1. The van der Waals surface area contributed by atoms with Gasteiger partial charge in [0.15, 0.2) is 0 Å². The van der Waals surface area contributed by atoms with Gasteiger partial charge in [-0.05, 0) is 18.6 Å². The lowest BCUT2D eigenvalue weighted by Crippen LogP contribution is -2.14. The number of rotatable bonds is 5. The molecule has 0 aliphatic carbocycles. The minimum Gasteiger partial charge on any atom is -0.480 e. The van der Waals surface area contributed by atoms with Gasteiger partial charge in [0.05, 0.1) is 4.92 Å². The number of nitro groups is 1. The van der Waals surface area contributed by atoms with Gasteiger partial charge in [-0.1, -0.05) is 6.92 Å². The zero-order valence-electron chi connectivity index (χ0n) is 9.49. The monoisotopic (exact) mass is 266 g/mol. The van der Waals surface area contributed by atoms with Crippen LogP contribution in [0.4, 0.5) is 5.69 Å². The molecule has 1 unspecified atom stereocenters. The standard InChI is InChI=1S/C11H10N2O4S/c1-2-10(11(14)15)18-8-4-3-7(6-12)9(5-8)13(16)17/h3-5,10H,2H2,1H3,(H,14,15). The van der Waals surface area contributed by atoms with Gasteiger partial charge in [0.25, 0.3) is 5.69 Å². The fourth-order valence-electron chi connectivity index (χ4n) is 1.30. The van der Waals surface area contributed by atoms with E-state index in [-0.39, 0.29) is 11.3 Å². The van der Waals surface area contributed by atoms with Crippen LogP contribution in [0, 0.1) is 21.4 Å². The Kier molecular flexibility index (Phi) is 4.68. The number of carbonyl (C=O) groups is 1. The summed E-state index contributed by atoms with van der Waals surface area (Å²) in [6.45, 7) is 1.73. The molecular formula is C11H10N2O4S. The van der Waals surface area contributed by atoms with Crippen molar-refractivity contribution >= 4 is 23.4 Å².